The summed E-state index contributed by atoms with van der Waals surface area (Å²) < 4.78 is 0. The van der Waals surface area contributed by atoms with Crippen LogP contribution in [0.15, 0.2) is 0 Å². The van der Waals surface area contributed by atoms with Crippen molar-refractivity contribution in [3.05, 3.63) is 0 Å². The molecular weight excluding hydrogens is 240 g/mol. The van der Waals surface area contributed by atoms with E-state index in [1.807, 2.05) is 0 Å². The van der Waals surface area contributed by atoms with E-state index in [0.717, 1.165) is 52.1 Å². The van der Waals surface area contributed by atoms with Crippen LogP contribution in [0.3, 0.4) is 0 Å². The van der Waals surface area contributed by atoms with E-state index in [1.165, 1.54) is 0 Å². The van der Waals surface area contributed by atoms with Crippen molar-refractivity contribution in [2.45, 2.75) is 38.3 Å². The summed E-state index contributed by atoms with van der Waals surface area (Å²) in [4.78, 5) is 17.3. The first-order chi connectivity index (χ1) is 9.03. The van der Waals surface area contributed by atoms with E-state index in [1.54, 1.807) is 0 Å². The largest absolute Gasteiger partial charge is 0.339 e. The molecule has 19 heavy (non-hydrogen) atoms. The van der Waals surface area contributed by atoms with E-state index < -0.39 is 0 Å². The maximum atomic E-state index is 12.9. The number of piperidine rings is 1. The lowest BCUT2D eigenvalue weighted by Gasteiger charge is -2.44. The van der Waals surface area contributed by atoms with Crippen LogP contribution in [0, 0.1) is 0 Å². The number of likely N-dealkylation sites (N-methyl/N-ethyl adjacent to an activating group) is 1. The molecule has 2 fully saturated rings. The summed E-state index contributed by atoms with van der Waals surface area (Å²) in [7, 11) is 2.12. The maximum absolute atomic E-state index is 12.9. The highest BCUT2D eigenvalue weighted by Crippen LogP contribution is 2.23. The highest BCUT2D eigenvalue weighted by atomic mass is 16.2. The number of nitrogens with zero attached hydrogens (tertiary/aromatic N) is 2. The molecule has 110 valence electrons. The number of piperazine rings is 1. The van der Waals surface area contributed by atoms with E-state index in [-0.39, 0.29) is 5.54 Å². The molecule has 2 heterocycles. The van der Waals surface area contributed by atoms with Crippen LogP contribution >= 0.6 is 0 Å². The minimum Gasteiger partial charge on any atom is -0.339 e. The zero-order valence-electron chi connectivity index (χ0n) is 12.5. The van der Waals surface area contributed by atoms with Gasteiger partial charge in [0.25, 0.3) is 0 Å². The van der Waals surface area contributed by atoms with Gasteiger partial charge >= 0.3 is 0 Å². The van der Waals surface area contributed by atoms with Crippen molar-refractivity contribution in [3.63, 3.8) is 0 Å². The minimum atomic E-state index is -0.338. The highest BCUT2D eigenvalue weighted by Gasteiger charge is 2.42. The second-order valence-electron chi connectivity index (χ2n) is 6.23. The van der Waals surface area contributed by atoms with E-state index in [9.17, 15) is 4.79 Å². The van der Waals surface area contributed by atoms with Crippen LogP contribution < -0.4 is 10.6 Å². The predicted octanol–water partition coefficient (Wildman–Crippen LogP) is -0.119. The topological polar surface area (TPSA) is 47.6 Å². The molecule has 0 bridgehead atoms. The molecule has 2 aliphatic heterocycles. The molecule has 1 amide bonds. The third-order valence-corrected chi connectivity index (χ3v) is 4.22. The molecule has 0 atom stereocenters. The number of carbonyl (C=O) groups is 1. The molecule has 5 heteroatoms. The first-order valence-electron chi connectivity index (χ1n) is 7.50. The Morgan fingerprint density at radius 3 is 2.26 bits per heavy atom. The maximum Gasteiger partial charge on any atom is 0.243 e. The molecule has 5 nitrogen and oxygen atoms in total. The van der Waals surface area contributed by atoms with Crippen molar-refractivity contribution in [1.29, 1.82) is 0 Å². The number of carbonyl (C=O) groups excluding carboxylic acids is 1. The second kappa shape index (κ2) is 6.20. The molecule has 2 saturated heterocycles. The highest BCUT2D eigenvalue weighted by molar-refractivity contribution is 5.86. The number of rotatable bonds is 3. The Morgan fingerprint density at radius 1 is 1.16 bits per heavy atom. The van der Waals surface area contributed by atoms with E-state index in [2.05, 4.69) is 41.3 Å². The molecule has 0 aromatic carbocycles. The van der Waals surface area contributed by atoms with Crippen LogP contribution in [-0.4, -0.2) is 73.6 Å². The summed E-state index contributed by atoms with van der Waals surface area (Å²) in [5.74, 6) is 0.316. The van der Waals surface area contributed by atoms with Crippen molar-refractivity contribution in [1.82, 2.24) is 20.4 Å². The average molecular weight is 268 g/mol. The molecule has 0 aromatic heterocycles. The third-order valence-electron chi connectivity index (χ3n) is 4.22. The number of amides is 1. The molecular formula is C14H28N4O. The SMILES string of the molecule is CC(C)NC1(C(=O)N2CCN(C)CC2)CCNCC1. The molecule has 0 spiro atoms. The average Bonchev–Trinajstić information content (AvgIpc) is 2.39. The smallest absolute Gasteiger partial charge is 0.243 e. The quantitative estimate of drug-likeness (QED) is 0.749. The number of nitrogens with one attached hydrogen (secondary N) is 2. The fourth-order valence-electron chi connectivity index (χ4n) is 3.14. The summed E-state index contributed by atoms with van der Waals surface area (Å²) in [5, 5.41) is 6.92. The monoisotopic (exact) mass is 268 g/mol. The fraction of sp³-hybridized carbons (Fsp3) is 0.929. The minimum absolute atomic E-state index is 0.316. The van der Waals surface area contributed by atoms with Crippen LogP contribution in [0.1, 0.15) is 26.7 Å². The molecule has 0 saturated carbocycles. The van der Waals surface area contributed by atoms with Gasteiger partial charge in [0.05, 0.1) is 0 Å². The lowest BCUT2D eigenvalue weighted by atomic mass is 9.85. The summed E-state index contributed by atoms with van der Waals surface area (Å²) in [5.41, 5.74) is -0.338. The number of hydrogen-bond donors (Lipinski definition) is 2. The van der Waals surface area contributed by atoms with Gasteiger partial charge in [-0.05, 0) is 46.8 Å². The van der Waals surface area contributed by atoms with Gasteiger partial charge in [0, 0.05) is 32.2 Å². The molecule has 2 rings (SSSR count). The molecule has 0 aliphatic carbocycles. The summed E-state index contributed by atoms with van der Waals surface area (Å²) >= 11 is 0. The van der Waals surface area contributed by atoms with Gasteiger partial charge in [-0.2, -0.15) is 0 Å². The Kier molecular flexibility index (Phi) is 4.81. The van der Waals surface area contributed by atoms with Crippen LogP contribution in [0.5, 0.6) is 0 Å². The summed E-state index contributed by atoms with van der Waals surface area (Å²) in [6.45, 7) is 9.82. The lowest BCUT2D eigenvalue weighted by Crippen LogP contribution is -2.65. The van der Waals surface area contributed by atoms with Gasteiger partial charge in [0.2, 0.25) is 5.91 Å². The number of hydrogen-bond acceptors (Lipinski definition) is 4. The zero-order valence-corrected chi connectivity index (χ0v) is 12.5. The first-order valence-corrected chi connectivity index (χ1v) is 7.50. The van der Waals surface area contributed by atoms with Crippen LogP contribution in [-0.2, 0) is 4.79 Å². The normalized spacial score (nSPS) is 24.7. The molecule has 2 N–H and O–H groups in total. The van der Waals surface area contributed by atoms with Crippen molar-refractivity contribution in [3.8, 4) is 0 Å². The van der Waals surface area contributed by atoms with Gasteiger partial charge in [-0.15, -0.1) is 0 Å². The fourth-order valence-corrected chi connectivity index (χ4v) is 3.14. The molecule has 0 radical (unpaired) electrons. The van der Waals surface area contributed by atoms with Crippen LogP contribution in [0.2, 0.25) is 0 Å². The van der Waals surface area contributed by atoms with Crippen molar-refractivity contribution < 1.29 is 4.79 Å². The second-order valence-corrected chi connectivity index (χ2v) is 6.23. The van der Waals surface area contributed by atoms with Gasteiger partial charge in [-0.1, -0.05) is 0 Å². The van der Waals surface area contributed by atoms with Gasteiger partial charge in [0.15, 0.2) is 0 Å². The third kappa shape index (κ3) is 3.46. The van der Waals surface area contributed by atoms with E-state index in [0.29, 0.717) is 11.9 Å². The van der Waals surface area contributed by atoms with Crippen LogP contribution in [0.25, 0.3) is 0 Å². The summed E-state index contributed by atoms with van der Waals surface area (Å²) in [6.07, 6.45) is 1.80. The standard InChI is InChI=1S/C14H28N4O/c1-12(2)16-14(4-6-15-7-5-14)13(19)18-10-8-17(3)9-11-18/h12,15-16H,4-11H2,1-3H3. The molecule has 0 aromatic rings. The zero-order chi connectivity index (χ0) is 13.9. The van der Waals surface area contributed by atoms with Gasteiger partial charge in [-0.3, -0.25) is 4.79 Å². The molecule has 0 unspecified atom stereocenters. The van der Waals surface area contributed by atoms with Gasteiger partial charge in [-0.25, -0.2) is 0 Å². The van der Waals surface area contributed by atoms with E-state index >= 15 is 0 Å². The Balaban J connectivity index is 2.06. The Bertz CT molecular complexity index is 305. The van der Waals surface area contributed by atoms with Gasteiger partial charge in [0.1, 0.15) is 5.54 Å². The van der Waals surface area contributed by atoms with Crippen molar-refractivity contribution >= 4 is 5.91 Å². The van der Waals surface area contributed by atoms with Crippen molar-refractivity contribution in [2.75, 3.05) is 46.3 Å². The van der Waals surface area contributed by atoms with E-state index in [4.69, 9.17) is 0 Å². The summed E-state index contributed by atoms with van der Waals surface area (Å²) in [6, 6.07) is 0.342. The van der Waals surface area contributed by atoms with Crippen LogP contribution in [0.4, 0.5) is 0 Å². The molecule has 2 aliphatic rings. The Labute approximate surface area is 116 Å². The Morgan fingerprint density at radius 2 is 1.74 bits per heavy atom. The first kappa shape index (κ1) is 14.8. The van der Waals surface area contributed by atoms with Gasteiger partial charge < -0.3 is 20.4 Å². The Hall–Kier alpha value is -0.650. The van der Waals surface area contributed by atoms with Crippen molar-refractivity contribution in [2.24, 2.45) is 0 Å². The predicted molar refractivity (Wildman–Crippen MR) is 77.2 cm³/mol. The lowest BCUT2D eigenvalue weighted by molar-refractivity contribution is -0.141.